The minimum Gasteiger partial charge on any atom is -0.464 e. The molecule has 0 saturated heterocycles. The first-order valence-corrected chi connectivity index (χ1v) is 12.0. The molecule has 0 unspecified atom stereocenters. The molecule has 0 saturated carbocycles. The number of nitrogens with zero attached hydrogens (tertiary/aromatic N) is 2. The largest absolute Gasteiger partial charge is 0.464 e. The lowest BCUT2D eigenvalue weighted by Gasteiger charge is -2.38. The number of fused-ring (bicyclic) bond motifs is 3. The molecule has 2 heterocycles. The Morgan fingerprint density at radius 1 is 1.03 bits per heavy atom. The Morgan fingerprint density at radius 3 is 2.65 bits per heavy atom. The molecule has 6 nitrogen and oxygen atoms in total. The van der Waals surface area contributed by atoms with E-state index in [-0.39, 0.29) is 12.3 Å². The van der Waals surface area contributed by atoms with Crippen LogP contribution in [0.1, 0.15) is 40.9 Å². The van der Waals surface area contributed by atoms with Crippen molar-refractivity contribution in [3.05, 3.63) is 95.1 Å². The molecule has 3 aromatic carbocycles. The van der Waals surface area contributed by atoms with Gasteiger partial charge in [0.1, 0.15) is 5.75 Å². The topological polar surface area (TPSA) is 71.0 Å². The van der Waals surface area contributed by atoms with Gasteiger partial charge in [-0.15, -0.1) is 0 Å². The van der Waals surface area contributed by atoms with Gasteiger partial charge in [-0.3, -0.25) is 4.72 Å². The molecule has 3 aromatic rings. The molecule has 7 heteroatoms. The summed E-state index contributed by atoms with van der Waals surface area (Å²) in [6, 6.07) is 23.8. The van der Waals surface area contributed by atoms with E-state index >= 15 is 0 Å². The molecule has 0 fully saturated rings. The van der Waals surface area contributed by atoms with Gasteiger partial charge in [0.15, 0.2) is 0 Å². The number of nitrogens with one attached hydrogen (secondary N) is 1. The molecule has 158 valence electrons. The average Bonchev–Trinajstić information content (AvgIpc) is 3.18. The van der Waals surface area contributed by atoms with Crippen LogP contribution in [0.2, 0.25) is 0 Å². The number of ether oxygens (including phenoxy) is 1. The summed E-state index contributed by atoms with van der Waals surface area (Å²) in [5.41, 5.74) is 5.65. The number of anilines is 1. The van der Waals surface area contributed by atoms with Gasteiger partial charge in [-0.1, -0.05) is 60.2 Å². The van der Waals surface area contributed by atoms with E-state index < -0.39 is 10.0 Å². The Balaban J connectivity index is 1.55. The SMILES string of the molecule is Cc1cccc([C@@H]2Oc3ccccc3[C@@H]3CC(c4cccc(NS(C)(=O)=O)c4)=NN32)c1. The number of hydrazone groups is 1. The zero-order valence-corrected chi connectivity index (χ0v) is 18.1. The summed E-state index contributed by atoms with van der Waals surface area (Å²) >= 11 is 0. The summed E-state index contributed by atoms with van der Waals surface area (Å²) in [5.74, 6) is 0.874. The lowest BCUT2D eigenvalue weighted by atomic mass is 9.95. The van der Waals surface area contributed by atoms with Crippen molar-refractivity contribution in [2.24, 2.45) is 5.10 Å². The molecule has 0 amide bonds. The van der Waals surface area contributed by atoms with Crippen molar-refractivity contribution in [2.45, 2.75) is 25.6 Å². The summed E-state index contributed by atoms with van der Waals surface area (Å²) in [7, 11) is -3.35. The highest BCUT2D eigenvalue weighted by Crippen LogP contribution is 2.47. The monoisotopic (exact) mass is 433 g/mol. The number of aryl methyl sites for hydroxylation is 1. The second-order valence-electron chi connectivity index (χ2n) is 8.02. The zero-order chi connectivity index (χ0) is 21.6. The lowest BCUT2D eigenvalue weighted by molar-refractivity contribution is -0.0190. The fraction of sp³-hybridized carbons (Fsp3) is 0.208. The van der Waals surface area contributed by atoms with Gasteiger partial charge in [0.2, 0.25) is 16.3 Å². The van der Waals surface area contributed by atoms with E-state index in [0.717, 1.165) is 34.4 Å². The maximum absolute atomic E-state index is 11.6. The second-order valence-corrected chi connectivity index (χ2v) is 9.77. The summed E-state index contributed by atoms with van der Waals surface area (Å²) in [6.45, 7) is 2.07. The molecule has 2 aliphatic rings. The van der Waals surface area contributed by atoms with Crippen molar-refractivity contribution < 1.29 is 13.2 Å². The highest BCUT2D eigenvalue weighted by Gasteiger charge is 2.40. The molecule has 31 heavy (non-hydrogen) atoms. The van der Waals surface area contributed by atoms with Crippen LogP contribution in [0.5, 0.6) is 5.75 Å². The van der Waals surface area contributed by atoms with Crippen molar-refractivity contribution in [3.8, 4) is 5.75 Å². The van der Waals surface area contributed by atoms with Crippen LogP contribution in [-0.2, 0) is 10.0 Å². The van der Waals surface area contributed by atoms with E-state index in [1.807, 2.05) is 47.5 Å². The first-order chi connectivity index (χ1) is 14.9. The van der Waals surface area contributed by atoms with E-state index in [2.05, 4.69) is 35.9 Å². The number of sulfonamides is 1. The highest BCUT2D eigenvalue weighted by molar-refractivity contribution is 7.92. The van der Waals surface area contributed by atoms with Gasteiger partial charge in [0, 0.05) is 23.2 Å². The van der Waals surface area contributed by atoms with Crippen LogP contribution in [0, 0.1) is 6.92 Å². The average molecular weight is 434 g/mol. The molecular weight excluding hydrogens is 410 g/mol. The summed E-state index contributed by atoms with van der Waals surface area (Å²) in [5, 5.41) is 6.98. The third kappa shape index (κ3) is 3.88. The van der Waals surface area contributed by atoms with E-state index in [9.17, 15) is 8.42 Å². The van der Waals surface area contributed by atoms with Gasteiger partial charge in [-0.25, -0.2) is 13.4 Å². The first-order valence-electron chi connectivity index (χ1n) is 10.1. The maximum atomic E-state index is 11.6. The minimum absolute atomic E-state index is 0.0528. The summed E-state index contributed by atoms with van der Waals surface area (Å²) in [6.07, 6.45) is 1.54. The number of para-hydroxylation sites is 1. The molecule has 5 rings (SSSR count). The number of benzene rings is 3. The van der Waals surface area contributed by atoms with Gasteiger partial charge < -0.3 is 4.74 Å². The fourth-order valence-corrected chi connectivity index (χ4v) is 4.78. The van der Waals surface area contributed by atoms with E-state index in [1.165, 1.54) is 5.56 Å². The number of hydrogen-bond donors (Lipinski definition) is 1. The van der Waals surface area contributed by atoms with E-state index in [1.54, 1.807) is 6.07 Å². The van der Waals surface area contributed by atoms with Crippen LogP contribution < -0.4 is 9.46 Å². The van der Waals surface area contributed by atoms with Gasteiger partial charge in [0.05, 0.1) is 18.0 Å². The quantitative estimate of drug-likeness (QED) is 0.652. The van der Waals surface area contributed by atoms with Crippen LogP contribution in [0.3, 0.4) is 0 Å². The van der Waals surface area contributed by atoms with Crippen LogP contribution in [0.4, 0.5) is 5.69 Å². The van der Waals surface area contributed by atoms with Crippen molar-refractivity contribution in [2.75, 3.05) is 11.0 Å². The molecule has 0 aromatic heterocycles. The van der Waals surface area contributed by atoms with Crippen molar-refractivity contribution >= 4 is 21.4 Å². The first kappa shape index (κ1) is 19.6. The fourth-order valence-electron chi connectivity index (χ4n) is 4.23. The normalized spacial score (nSPS) is 19.8. The van der Waals surface area contributed by atoms with Crippen molar-refractivity contribution in [1.82, 2.24) is 5.01 Å². The van der Waals surface area contributed by atoms with Crippen LogP contribution in [0.15, 0.2) is 77.9 Å². The molecule has 0 spiro atoms. The third-order valence-corrected chi connectivity index (χ3v) is 6.13. The molecule has 0 aliphatic carbocycles. The van der Waals surface area contributed by atoms with E-state index in [0.29, 0.717) is 12.1 Å². The summed E-state index contributed by atoms with van der Waals surface area (Å²) in [4.78, 5) is 0. The number of rotatable bonds is 4. The minimum atomic E-state index is -3.35. The van der Waals surface area contributed by atoms with Gasteiger partial charge >= 0.3 is 0 Å². The van der Waals surface area contributed by atoms with E-state index in [4.69, 9.17) is 9.84 Å². The van der Waals surface area contributed by atoms with Crippen molar-refractivity contribution in [3.63, 3.8) is 0 Å². The zero-order valence-electron chi connectivity index (χ0n) is 17.3. The van der Waals surface area contributed by atoms with Crippen LogP contribution in [-0.4, -0.2) is 25.4 Å². The van der Waals surface area contributed by atoms with Crippen molar-refractivity contribution in [1.29, 1.82) is 0 Å². The van der Waals surface area contributed by atoms with Crippen LogP contribution in [0.25, 0.3) is 0 Å². The Labute approximate surface area is 182 Å². The predicted molar refractivity (Wildman–Crippen MR) is 122 cm³/mol. The van der Waals surface area contributed by atoms with Gasteiger partial charge in [0.25, 0.3) is 0 Å². The van der Waals surface area contributed by atoms with Crippen LogP contribution >= 0.6 is 0 Å². The lowest BCUT2D eigenvalue weighted by Crippen LogP contribution is -2.33. The second kappa shape index (κ2) is 7.42. The predicted octanol–water partition coefficient (Wildman–Crippen LogP) is 4.61. The molecule has 1 N–H and O–H groups in total. The Morgan fingerprint density at radius 2 is 1.84 bits per heavy atom. The molecular formula is C24H23N3O3S. The molecule has 2 atom stereocenters. The summed E-state index contributed by atoms with van der Waals surface area (Å²) < 4.78 is 32.2. The molecule has 0 bridgehead atoms. The molecule has 0 radical (unpaired) electrons. The smallest absolute Gasteiger partial charge is 0.229 e. The number of hydrogen-bond acceptors (Lipinski definition) is 5. The standard InChI is InChI=1S/C24H23N3O3S/c1-16-7-5-9-18(13-16)24-27-22(20-11-3-4-12-23(20)30-24)15-21(25-27)17-8-6-10-19(14-17)26-31(2,28)29/h3-14,22,24,26H,15H2,1-2H3/t22-,24-/m0/s1. The Hall–Kier alpha value is -3.32. The maximum Gasteiger partial charge on any atom is 0.229 e. The Kier molecular flexibility index (Phi) is 4.70. The van der Waals surface area contributed by atoms with Gasteiger partial charge in [-0.05, 0) is 30.7 Å². The van der Waals surface area contributed by atoms with Gasteiger partial charge in [-0.2, -0.15) is 5.10 Å². The third-order valence-electron chi connectivity index (χ3n) is 5.53. The highest BCUT2D eigenvalue weighted by atomic mass is 32.2. The Bertz CT molecular complexity index is 1290. The molecule has 2 aliphatic heterocycles.